The normalized spacial score (nSPS) is 11.7. The predicted octanol–water partition coefficient (Wildman–Crippen LogP) is 3.15. The highest BCUT2D eigenvalue weighted by Crippen LogP contribution is 2.19. The highest BCUT2D eigenvalue weighted by atomic mass is 19.1. The van der Waals surface area contributed by atoms with Gasteiger partial charge in [0.05, 0.1) is 17.7 Å². The maximum atomic E-state index is 13.1. The highest BCUT2D eigenvalue weighted by molar-refractivity contribution is 5.55. The summed E-state index contributed by atoms with van der Waals surface area (Å²) < 4.78 is 13.1. The molecule has 4 heteroatoms. The van der Waals surface area contributed by atoms with E-state index in [2.05, 4.69) is 11.4 Å². The number of benzene rings is 2. The summed E-state index contributed by atoms with van der Waals surface area (Å²) in [5.41, 5.74) is 2.85. The van der Waals surface area contributed by atoms with Gasteiger partial charge in [0.25, 0.3) is 0 Å². The first-order chi connectivity index (χ1) is 9.60. The van der Waals surface area contributed by atoms with Gasteiger partial charge >= 0.3 is 0 Å². The maximum absolute atomic E-state index is 13.1. The van der Waals surface area contributed by atoms with E-state index in [9.17, 15) is 9.50 Å². The minimum absolute atomic E-state index is 0.249. The lowest BCUT2D eigenvalue weighted by Gasteiger charge is -2.15. The average molecular weight is 270 g/mol. The molecule has 0 bridgehead atoms. The van der Waals surface area contributed by atoms with E-state index in [4.69, 9.17) is 5.26 Å². The van der Waals surface area contributed by atoms with Gasteiger partial charge in [-0.1, -0.05) is 18.2 Å². The lowest BCUT2D eigenvalue weighted by atomic mass is 10.1. The van der Waals surface area contributed by atoms with Crippen molar-refractivity contribution in [2.75, 3.05) is 11.9 Å². The van der Waals surface area contributed by atoms with E-state index < -0.39 is 6.10 Å². The van der Waals surface area contributed by atoms with Crippen LogP contribution in [0.15, 0.2) is 42.5 Å². The molecule has 3 nitrogen and oxygen atoms in total. The number of rotatable bonds is 4. The van der Waals surface area contributed by atoms with E-state index in [0.29, 0.717) is 11.1 Å². The van der Waals surface area contributed by atoms with E-state index in [0.717, 1.165) is 11.3 Å². The third-order valence-electron chi connectivity index (χ3n) is 3.09. The third-order valence-corrected chi connectivity index (χ3v) is 3.09. The van der Waals surface area contributed by atoms with Crippen molar-refractivity contribution in [2.45, 2.75) is 13.0 Å². The van der Waals surface area contributed by atoms with Gasteiger partial charge in [-0.25, -0.2) is 4.39 Å². The second-order valence-electron chi connectivity index (χ2n) is 4.59. The van der Waals surface area contributed by atoms with Crippen LogP contribution in [0.25, 0.3) is 0 Å². The summed E-state index contributed by atoms with van der Waals surface area (Å²) in [5.74, 6) is -0.371. The zero-order valence-electron chi connectivity index (χ0n) is 11.1. The van der Waals surface area contributed by atoms with Crippen LogP contribution in [0, 0.1) is 24.1 Å². The van der Waals surface area contributed by atoms with Crippen LogP contribution in [0.4, 0.5) is 10.1 Å². The van der Waals surface area contributed by atoms with Crippen molar-refractivity contribution in [3.8, 4) is 6.07 Å². The second-order valence-corrected chi connectivity index (χ2v) is 4.59. The van der Waals surface area contributed by atoms with Crippen molar-refractivity contribution < 1.29 is 9.50 Å². The minimum Gasteiger partial charge on any atom is -0.387 e. The van der Waals surface area contributed by atoms with E-state index in [1.165, 1.54) is 12.1 Å². The Kier molecular flexibility index (Phi) is 4.34. The summed E-state index contributed by atoms with van der Waals surface area (Å²) in [5, 5.41) is 22.0. The number of aryl methyl sites for hydroxylation is 1. The standard InChI is InChI=1S/C16H15FN2O/c1-11-5-6-12(9-18)7-15(11)19-10-16(20)13-3-2-4-14(17)8-13/h2-8,16,19-20H,10H2,1H3. The Balaban J connectivity index is 2.07. The van der Waals surface area contributed by atoms with Gasteiger partial charge < -0.3 is 10.4 Å². The monoisotopic (exact) mass is 270 g/mol. The van der Waals surface area contributed by atoms with E-state index in [1.807, 2.05) is 13.0 Å². The molecule has 20 heavy (non-hydrogen) atoms. The van der Waals surface area contributed by atoms with Crippen molar-refractivity contribution in [3.63, 3.8) is 0 Å². The van der Waals surface area contributed by atoms with Crippen molar-refractivity contribution in [3.05, 3.63) is 65.0 Å². The Morgan fingerprint density at radius 2 is 2.10 bits per heavy atom. The molecule has 0 fully saturated rings. The Hall–Kier alpha value is -2.38. The SMILES string of the molecule is Cc1ccc(C#N)cc1NCC(O)c1cccc(F)c1. The number of nitriles is 1. The first kappa shape index (κ1) is 14.0. The van der Waals surface area contributed by atoms with Gasteiger partial charge in [0.15, 0.2) is 0 Å². The summed E-state index contributed by atoms with van der Waals surface area (Å²) in [6.07, 6.45) is -0.809. The fraction of sp³-hybridized carbons (Fsp3) is 0.188. The number of hydrogen-bond donors (Lipinski definition) is 2. The first-order valence-electron chi connectivity index (χ1n) is 6.28. The van der Waals surface area contributed by atoms with Crippen LogP contribution in [-0.4, -0.2) is 11.7 Å². The molecule has 0 radical (unpaired) electrons. The summed E-state index contributed by atoms with van der Waals surface area (Å²) in [6.45, 7) is 2.16. The zero-order valence-corrected chi connectivity index (χ0v) is 11.1. The molecule has 0 aliphatic carbocycles. The van der Waals surface area contributed by atoms with Crippen molar-refractivity contribution >= 4 is 5.69 Å². The molecule has 0 amide bonds. The first-order valence-corrected chi connectivity index (χ1v) is 6.28. The number of nitrogens with one attached hydrogen (secondary N) is 1. The Morgan fingerprint density at radius 3 is 2.80 bits per heavy atom. The molecule has 0 saturated carbocycles. The summed E-state index contributed by atoms with van der Waals surface area (Å²) in [7, 11) is 0. The lowest BCUT2D eigenvalue weighted by molar-refractivity contribution is 0.191. The molecular weight excluding hydrogens is 255 g/mol. The third kappa shape index (κ3) is 3.34. The van der Waals surface area contributed by atoms with E-state index >= 15 is 0 Å². The number of halogens is 1. The topological polar surface area (TPSA) is 56.0 Å². The molecule has 2 aromatic carbocycles. The fourth-order valence-electron chi connectivity index (χ4n) is 1.92. The molecule has 1 atom stereocenters. The summed E-state index contributed by atoms with van der Waals surface area (Å²) in [4.78, 5) is 0. The number of hydrogen-bond acceptors (Lipinski definition) is 3. The molecule has 1 unspecified atom stereocenters. The zero-order chi connectivity index (χ0) is 14.5. The molecular formula is C16H15FN2O. The van der Waals surface area contributed by atoms with Crippen LogP contribution in [0.5, 0.6) is 0 Å². The lowest BCUT2D eigenvalue weighted by Crippen LogP contribution is -2.13. The Labute approximate surface area is 117 Å². The van der Waals surface area contributed by atoms with Gasteiger partial charge in [-0.3, -0.25) is 0 Å². The van der Waals surface area contributed by atoms with Crippen molar-refractivity contribution in [1.82, 2.24) is 0 Å². The Bertz CT molecular complexity index is 649. The molecule has 0 heterocycles. The van der Waals surface area contributed by atoms with Gasteiger partial charge in [-0.15, -0.1) is 0 Å². The number of aliphatic hydroxyl groups excluding tert-OH is 1. The largest absolute Gasteiger partial charge is 0.387 e. The second kappa shape index (κ2) is 6.18. The average Bonchev–Trinajstić information content (AvgIpc) is 2.46. The van der Waals surface area contributed by atoms with Crippen molar-refractivity contribution in [2.24, 2.45) is 0 Å². The molecule has 0 aliphatic heterocycles. The van der Waals surface area contributed by atoms with Gasteiger partial charge in [-0.05, 0) is 42.3 Å². The van der Waals surface area contributed by atoms with Gasteiger partial charge in [0.1, 0.15) is 5.82 Å². The maximum Gasteiger partial charge on any atom is 0.123 e. The highest BCUT2D eigenvalue weighted by Gasteiger charge is 2.09. The number of nitrogens with zero attached hydrogens (tertiary/aromatic N) is 1. The summed E-state index contributed by atoms with van der Waals surface area (Å²) >= 11 is 0. The summed E-state index contributed by atoms with van der Waals surface area (Å²) in [6, 6.07) is 13.3. The minimum atomic E-state index is -0.809. The Morgan fingerprint density at radius 1 is 1.30 bits per heavy atom. The van der Waals surface area contributed by atoms with E-state index in [1.54, 1.807) is 24.3 Å². The molecule has 2 N–H and O–H groups in total. The van der Waals surface area contributed by atoms with Gasteiger partial charge in [0.2, 0.25) is 0 Å². The molecule has 0 saturated heterocycles. The molecule has 102 valence electrons. The van der Waals surface area contributed by atoms with Crippen molar-refractivity contribution in [1.29, 1.82) is 5.26 Å². The molecule has 0 aromatic heterocycles. The predicted molar refractivity (Wildman–Crippen MR) is 75.7 cm³/mol. The molecule has 0 spiro atoms. The van der Waals surface area contributed by atoms with E-state index in [-0.39, 0.29) is 12.4 Å². The molecule has 2 rings (SSSR count). The van der Waals surface area contributed by atoms with Crippen LogP contribution in [-0.2, 0) is 0 Å². The number of aliphatic hydroxyl groups is 1. The van der Waals surface area contributed by atoms with Crippen LogP contribution in [0.2, 0.25) is 0 Å². The van der Waals surface area contributed by atoms with Gasteiger partial charge in [0, 0.05) is 12.2 Å². The van der Waals surface area contributed by atoms with Crippen LogP contribution in [0.3, 0.4) is 0 Å². The molecule has 0 aliphatic rings. The smallest absolute Gasteiger partial charge is 0.123 e. The number of anilines is 1. The quantitative estimate of drug-likeness (QED) is 0.897. The molecule has 2 aromatic rings. The van der Waals surface area contributed by atoms with Crippen LogP contribution >= 0.6 is 0 Å². The van der Waals surface area contributed by atoms with Gasteiger partial charge in [-0.2, -0.15) is 5.26 Å². The van der Waals surface area contributed by atoms with Crippen LogP contribution < -0.4 is 5.32 Å². The fourth-order valence-corrected chi connectivity index (χ4v) is 1.92. The van der Waals surface area contributed by atoms with Crippen LogP contribution in [0.1, 0.15) is 22.8 Å².